The quantitative estimate of drug-likeness (QED) is 0.742. The zero-order valence-electron chi connectivity index (χ0n) is 13.5. The van der Waals surface area contributed by atoms with Crippen LogP contribution in [0.4, 0.5) is 0 Å². The molecule has 2 aromatic carbocycles. The molecule has 0 spiro atoms. The molecule has 114 valence electrons. The molecule has 0 radical (unpaired) electrons. The number of benzene rings is 2. The van der Waals surface area contributed by atoms with Gasteiger partial charge in [0, 0.05) is 0 Å². The normalized spacial score (nSPS) is 18.9. The number of hydrogen-bond acceptors (Lipinski definition) is 2. The van der Waals surface area contributed by atoms with E-state index in [1.165, 1.54) is 16.5 Å². The first-order valence-electron chi connectivity index (χ1n) is 7.80. The van der Waals surface area contributed by atoms with Crippen LogP contribution in [-0.2, 0) is 11.4 Å². The van der Waals surface area contributed by atoms with Crippen LogP contribution in [0.15, 0.2) is 72.1 Å². The smallest absolute Gasteiger partial charge is 0.125 e. The largest absolute Gasteiger partial charge is 0.415 e. The molecular formula is C19H23NOSi. The van der Waals surface area contributed by atoms with E-state index in [0.29, 0.717) is 0 Å². The predicted octanol–water partition coefficient (Wildman–Crippen LogP) is 4.94. The van der Waals surface area contributed by atoms with Crippen molar-refractivity contribution in [3.63, 3.8) is 0 Å². The fourth-order valence-electron chi connectivity index (χ4n) is 2.63. The average molecular weight is 309 g/mol. The number of hydrogen-bond donors (Lipinski definition) is 0. The molecule has 3 rings (SSSR count). The molecular weight excluding hydrogens is 286 g/mol. The molecule has 0 aliphatic carbocycles. The van der Waals surface area contributed by atoms with E-state index < -0.39 is 8.07 Å². The van der Waals surface area contributed by atoms with E-state index >= 15 is 0 Å². The van der Waals surface area contributed by atoms with Crippen molar-refractivity contribution >= 4 is 8.07 Å². The van der Waals surface area contributed by atoms with Crippen LogP contribution in [0.5, 0.6) is 0 Å². The van der Waals surface area contributed by atoms with Crippen LogP contribution in [0.2, 0.25) is 19.6 Å². The minimum Gasteiger partial charge on any atom is -0.415 e. The topological polar surface area (TPSA) is 12.5 Å². The molecule has 1 unspecified atom stereocenters. The molecule has 1 aliphatic rings. The molecule has 0 bridgehead atoms. The molecule has 0 saturated carbocycles. The predicted molar refractivity (Wildman–Crippen MR) is 93.7 cm³/mol. The summed E-state index contributed by atoms with van der Waals surface area (Å²) in [6.45, 7) is 7.78. The zero-order chi connectivity index (χ0) is 15.6. The molecule has 0 N–H and O–H groups in total. The monoisotopic (exact) mass is 309 g/mol. The standard InChI is InChI=1S/C19H23NOSi/c1-22(2,3)19-14-18(17-12-8-5-9-13-17)20(21-19)15-16-10-6-4-7-11-16/h4-14,18H,15H2,1-3H3. The Kier molecular flexibility index (Phi) is 4.18. The molecule has 0 amide bonds. The summed E-state index contributed by atoms with van der Waals surface area (Å²) in [6, 6.07) is 21.3. The SMILES string of the molecule is C[Si](C)(C)C1=CC(c2ccccc2)N(Cc2ccccc2)O1. The summed E-state index contributed by atoms with van der Waals surface area (Å²) in [5.41, 5.74) is 2.56. The maximum atomic E-state index is 6.25. The summed E-state index contributed by atoms with van der Waals surface area (Å²) >= 11 is 0. The highest BCUT2D eigenvalue weighted by Crippen LogP contribution is 2.36. The maximum Gasteiger partial charge on any atom is 0.125 e. The number of rotatable bonds is 4. The summed E-state index contributed by atoms with van der Waals surface area (Å²) < 4.78 is 0. The minimum atomic E-state index is -1.46. The van der Waals surface area contributed by atoms with Crippen molar-refractivity contribution in [3.05, 3.63) is 83.2 Å². The Morgan fingerprint density at radius 3 is 2.09 bits per heavy atom. The van der Waals surface area contributed by atoms with Gasteiger partial charge in [0.25, 0.3) is 0 Å². The van der Waals surface area contributed by atoms with Gasteiger partial charge in [-0.25, -0.2) is 0 Å². The second kappa shape index (κ2) is 6.11. The van der Waals surface area contributed by atoms with E-state index in [1.54, 1.807) is 0 Å². The van der Waals surface area contributed by atoms with Crippen LogP contribution in [0.1, 0.15) is 17.2 Å². The molecule has 0 fully saturated rings. The second-order valence-corrected chi connectivity index (χ2v) is 11.8. The Bertz CT molecular complexity index is 646. The van der Waals surface area contributed by atoms with Crippen molar-refractivity contribution < 1.29 is 4.84 Å². The molecule has 2 nitrogen and oxygen atoms in total. The van der Waals surface area contributed by atoms with Gasteiger partial charge in [0.1, 0.15) is 13.5 Å². The molecule has 22 heavy (non-hydrogen) atoms. The van der Waals surface area contributed by atoms with Crippen LogP contribution in [0.3, 0.4) is 0 Å². The summed E-state index contributed by atoms with van der Waals surface area (Å²) in [6.07, 6.45) is 2.31. The van der Waals surface area contributed by atoms with Crippen molar-refractivity contribution in [1.29, 1.82) is 0 Å². The van der Waals surface area contributed by atoms with Gasteiger partial charge in [-0.3, -0.25) is 0 Å². The lowest BCUT2D eigenvalue weighted by Crippen LogP contribution is -2.28. The molecule has 3 heteroatoms. The van der Waals surface area contributed by atoms with Crippen molar-refractivity contribution in [2.75, 3.05) is 0 Å². The van der Waals surface area contributed by atoms with Gasteiger partial charge in [-0.15, -0.1) is 5.06 Å². The molecule has 1 aliphatic heterocycles. The lowest BCUT2D eigenvalue weighted by Gasteiger charge is -2.25. The van der Waals surface area contributed by atoms with Crippen LogP contribution < -0.4 is 0 Å². The number of hydroxylamine groups is 2. The summed E-state index contributed by atoms with van der Waals surface area (Å²) in [5.74, 6) is 0. The maximum absolute atomic E-state index is 6.25. The minimum absolute atomic E-state index is 0.197. The average Bonchev–Trinajstić information content (AvgIpc) is 2.93. The third-order valence-corrected chi connectivity index (χ3v) is 5.63. The summed E-state index contributed by atoms with van der Waals surface area (Å²) in [4.78, 5) is 6.25. The van der Waals surface area contributed by atoms with Crippen LogP contribution in [0.25, 0.3) is 0 Å². The van der Waals surface area contributed by atoms with Crippen molar-refractivity contribution in [2.24, 2.45) is 0 Å². The third-order valence-electron chi connectivity index (χ3n) is 3.90. The summed E-state index contributed by atoms with van der Waals surface area (Å²) in [7, 11) is -1.46. The lowest BCUT2D eigenvalue weighted by atomic mass is 10.1. The molecule has 1 heterocycles. The van der Waals surface area contributed by atoms with Crippen LogP contribution in [0, 0.1) is 0 Å². The van der Waals surface area contributed by atoms with Gasteiger partial charge in [-0.2, -0.15) is 0 Å². The first-order chi connectivity index (χ1) is 10.5. The highest BCUT2D eigenvalue weighted by Gasteiger charge is 2.34. The highest BCUT2D eigenvalue weighted by molar-refractivity contribution is 6.82. The van der Waals surface area contributed by atoms with E-state index in [9.17, 15) is 0 Å². The van der Waals surface area contributed by atoms with Gasteiger partial charge in [0.2, 0.25) is 0 Å². The van der Waals surface area contributed by atoms with Crippen molar-refractivity contribution in [3.8, 4) is 0 Å². The van der Waals surface area contributed by atoms with Gasteiger partial charge < -0.3 is 4.84 Å². The highest BCUT2D eigenvalue weighted by atomic mass is 28.3. The van der Waals surface area contributed by atoms with E-state index in [4.69, 9.17) is 4.84 Å². The Balaban J connectivity index is 1.88. The fraction of sp³-hybridized carbons (Fsp3) is 0.263. The van der Waals surface area contributed by atoms with Gasteiger partial charge >= 0.3 is 0 Å². The van der Waals surface area contributed by atoms with Crippen molar-refractivity contribution in [2.45, 2.75) is 32.2 Å². The second-order valence-electron chi connectivity index (χ2n) is 6.79. The summed E-state index contributed by atoms with van der Waals surface area (Å²) in [5, 5.41) is 3.29. The first-order valence-corrected chi connectivity index (χ1v) is 11.3. The van der Waals surface area contributed by atoms with E-state index in [0.717, 1.165) is 6.54 Å². The van der Waals surface area contributed by atoms with Crippen LogP contribution >= 0.6 is 0 Å². The van der Waals surface area contributed by atoms with Gasteiger partial charge in [0.05, 0.1) is 12.6 Å². The molecule has 1 atom stereocenters. The fourth-order valence-corrected chi connectivity index (χ4v) is 3.68. The van der Waals surface area contributed by atoms with E-state index in [1.807, 2.05) is 0 Å². The molecule has 0 saturated heterocycles. The first kappa shape index (κ1) is 15.1. The van der Waals surface area contributed by atoms with Gasteiger partial charge in [-0.1, -0.05) is 80.3 Å². The van der Waals surface area contributed by atoms with E-state index in [-0.39, 0.29) is 6.04 Å². The molecule has 0 aromatic heterocycles. The Labute approximate surface area is 134 Å². The third kappa shape index (κ3) is 3.31. The Hall–Kier alpha value is -1.84. The van der Waals surface area contributed by atoms with Gasteiger partial charge in [-0.05, 0) is 17.2 Å². The van der Waals surface area contributed by atoms with Crippen LogP contribution in [-0.4, -0.2) is 13.1 Å². The Morgan fingerprint density at radius 1 is 0.909 bits per heavy atom. The van der Waals surface area contributed by atoms with Crippen molar-refractivity contribution in [1.82, 2.24) is 5.06 Å². The number of nitrogens with zero attached hydrogens (tertiary/aromatic N) is 1. The zero-order valence-corrected chi connectivity index (χ0v) is 14.5. The van der Waals surface area contributed by atoms with E-state index in [2.05, 4.69) is 91.4 Å². The molecule has 2 aromatic rings. The lowest BCUT2D eigenvalue weighted by molar-refractivity contribution is -0.120. The van der Waals surface area contributed by atoms with Gasteiger partial charge in [0.15, 0.2) is 0 Å². The Morgan fingerprint density at radius 2 is 1.50 bits per heavy atom.